The number of carbonyl (C=O) groups excluding carboxylic acids is 1. The average molecular weight is 531 g/mol. The fraction of sp³-hybridized carbons (Fsp3) is 0.345. The van der Waals surface area contributed by atoms with Gasteiger partial charge in [-0.05, 0) is 43.4 Å². The van der Waals surface area contributed by atoms with E-state index in [2.05, 4.69) is 45.2 Å². The number of carbonyl (C=O) groups is 1. The second kappa shape index (κ2) is 11.3. The highest BCUT2D eigenvalue weighted by Crippen LogP contribution is 2.37. The molecule has 2 aliphatic heterocycles. The Kier molecular flexibility index (Phi) is 7.61. The lowest BCUT2D eigenvalue weighted by Crippen LogP contribution is -2.44. The Labute approximate surface area is 225 Å². The van der Waals surface area contributed by atoms with E-state index in [1.54, 1.807) is 12.1 Å². The van der Waals surface area contributed by atoms with Gasteiger partial charge in [0.15, 0.2) is 0 Å². The molecule has 200 valence electrons. The molecule has 0 radical (unpaired) electrons. The molecular weight excluding hydrogens is 502 g/mol. The number of amides is 1. The third-order valence-corrected chi connectivity index (χ3v) is 6.87. The molecule has 5 rings (SSSR count). The van der Waals surface area contributed by atoms with Crippen molar-refractivity contribution in [3.63, 3.8) is 0 Å². The van der Waals surface area contributed by atoms with Crippen LogP contribution in [0.1, 0.15) is 35.2 Å². The molecule has 0 aliphatic carbocycles. The van der Waals surface area contributed by atoms with Gasteiger partial charge >= 0.3 is 6.43 Å². The molecule has 1 amide bonds. The van der Waals surface area contributed by atoms with E-state index in [9.17, 15) is 18.8 Å². The van der Waals surface area contributed by atoms with Gasteiger partial charge in [-0.25, -0.2) is 15.0 Å². The fourth-order valence-corrected chi connectivity index (χ4v) is 4.92. The van der Waals surface area contributed by atoms with E-state index >= 15 is 0 Å². The number of halogens is 2. The molecule has 0 bridgehead atoms. The van der Waals surface area contributed by atoms with Crippen molar-refractivity contribution >= 4 is 17.3 Å². The van der Waals surface area contributed by atoms with Gasteiger partial charge in [-0.1, -0.05) is 24.3 Å². The van der Waals surface area contributed by atoms with Gasteiger partial charge < -0.3 is 14.5 Å². The Morgan fingerprint density at radius 2 is 1.85 bits per heavy atom. The maximum Gasteiger partial charge on any atom is 0.315 e. The number of aromatic nitrogens is 2. The summed E-state index contributed by atoms with van der Waals surface area (Å²) in [4.78, 5) is 28.6. The van der Waals surface area contributed by atoms with Crippen LogP contribution < -0.4 is 4.74 Å². The van der Waals surface area contributed by atoms with Crippen molar-refractivity contribution in [2.45, 2.75) is 38.3 Å². The number of aliphatic imine (C=N–C) groups is 1. The maximum absolute atomic E-state index is 12.7. The first-order valence-corrected chi connectivity index (χ1v) is 12.8. The van der Waals surface area contributed by atoms with Crippen LogP contribution in [-0.2, 0) is 17.8 Å². The summed E-state index contributed by atoms with van der Waals surface area (Å²) in [5, 5.41) is 9.83. The highest BCUT2D eigenvalue weighted by atomic mass is 19.3. The summed E-state index contributed by atoms with van der Waals surface area (Å²) in [7, 11) is 4.07. The zero-order valence-electron chi connectivity index (χ0n) is 21.8. The molecule has 10 heteroatoms. The van der Waals surface area contributed by atoms with Crippen molar-refractivity contribution in [1.29, 1.82) is 5.26 Å². The van der Waals surface area contributed by atoms with Crippen LogP contribution in [0.25, 0.3) is 11.3 Å². The third kappa shape index (κ3) is 5.78. The number of nitrogens with zero attached hydrogens (tertiary/aromatic N) is 6. The molecule has 3 aromatic rings. The van der Waals surface area contributed by atoms with E-state index in [-0.39, 0.29) is 19.2 Å². The van der Waals surface area contributed by atoms with Crippen LogP contribution in [0.15, 0.2) is 53.8 Å². The molecule has 0 spiro atoms. The van der Waals surface area contributed by atoms with Gasteiger partial charge in [0.25, 0.3) is 5.91 Å². The molecule has 2 aromatic carbocycles. The lowest BCUT2D eigenvalue weighted by molar-refractivity contribution is -0.144. The number of hydrogen-bond donors (Lipinski definition) is 0. The molecule has 0 N–H and O–H groups in total. The lowest BCUT2D eigenvalue weighted by Gasteiger charge is -2.32. The predicted molar refractivity (Wildman–Crippen MR) is 142 cm³/mol. The number of nitriles is 1. The van der Waals surface area contributed by atoms with Crippen molar-refractivity contribution in [2.75, 3.05) is 27.2 Å². The van der Waals surface area contributed by atoms with E-state index in [0.29, 0.717) is 42.0 Å². The minimum atomic E-state index is -3.00. The van der Waals surface area contributed by atoms with Gasteiger partial charge in [-0.3, -0.25) is 4.79 Å². The first kappa shape index (κ1) is 26.4. The predicted octanol–water partition coefficient (Wildman–Crippen LogP) is 4.39. The number of ether oxygens (including phenoxy) is 1. The van der Waals surface area contributed by atoms with Gasteiger partial charge in [-0.15, -0.1) is 0 Å². The summed E-state index contributed by atoms with van der Waals surface area (Å²) in [6, 6.07) is 15.8. The summed E-state index contributed by atoms with van der Waals surface area (Å²) >= 11 is 0. The molecule has 3 heterocycles. The highest BCUT2D eigenvalue weighted by Gasteiger charge is 2.29. The summed E-state index contributed by atoms with van der Waals surface area (Å²) in [6.07, 6.45) is -0.341. The highest BCUT2D eigenvalue weighted by molar-refractivity contribution is 6.07. The zero-order chi connectivity index (χ0) is 27.5. The largest absolute Gasteiger partial charge is 0.489 e. The summed E-state index contributed by atoms with van der Waals surface area (Å²) in [5.74, 6) is -0.743. The molecular formula is C29H28F2N6O2. The number of piperidine rings is 1. The van der Waals surface area contributed by atoms with Crippen LogP contribution in [0.5, 0.6) is 5.75 Å². The molecule has 0 saturated carbocycles. The number of benzene rings is 2. The Morgan fingerprint density at radius 3 is 2.51 bits per heavy atom. The van der Waals surface area contributed by atoms with E-state index < -0.39 is 12.3 Å². The normalized spacial score (nSPS) is 15.3. The third-order valence-electron chi connectivity index (χ3n) is 6.87. The molecule has 0 unspecified atom stereocenters. The maximum atomic E-state index is 12.7. The first-order valence-electron chi connectivity index (χ1n) is 12.8. The number of hydrogen-bond acceptors (Lipinski definition) is 7. The van der Waals surface area contributed by atoms with Gasteiger partial charge in [0.1, 0.15) is 29.9 Å². The number of likely N-dealkylation sites (tertiary alicyclic amines) is 1. The number of alkyl halides is 2. The van der Waals surface area contributed by atoms with Gasteiger partial charge in [0.05, 0.1) is 22.7 Å². The van der Waals surface area contributed by atoms with Crippen LogP contribution in [0.3, 0.4) is 0 Å². The second-order valence-electron chi connectivity index (χ2n) is 9.95. The smallest absolute Gasteiger partial charge is 0.315 e. The van der Waals surface area contributed by atoms with Crippen LogP contribution in [-0.4, -0.2) is 71.1 Å². The quantitative estimate of drug-likeness (QED) is 0.450. The Morgan fingerprint density at radius 1 is 1.13 bits per heavy atom. The monoisotopic (exact) mass is 530 g/mol. The van der Waals surface area contributed by atoms with Crippen molar-refractivity contribution in [2.24, 2.45) is 4.99 Å². The summed E-state index contributed by atoms with van der Waals surface area (Å²) in [6.45, 7) is 1.25. The SMILES string of the molecule is CN(C)Cc1ccc(C2=Nc3c(ncnc3-c3ccc(OC4CCN(C(=O)C(F)F)CC4)c(C#N)c3)C2)cc1. The Balaban J connectivity index is 1.33. The van der Waals surface area contributed by atoms with Crippen molar-refractivity contribution < 1.29 is 18.3 Å². The topological polar surface area (TPSA) is 94.7 Å². The molecule has 1 fully saturated rings. The van der Waals surface area contributed by atoms with E-state index in [1.165, 1.54) is 11.9 Å². The van der Waals surface area contributed by atoms with Gasteiger partial charge in [0, 0.05) is 44.5 Å². The summed E-state index contributed by atoms with van der Waals surface area (Å²) in [5.41, 5.74) is 6.39. The molecule has 2 aliphatic rings. The number of fused-ring (bicyclic) bond motifs is 1. The van der Waals surface area contributed by atoms with Crippen LogP contribution in [0.2, 0.25) is 0 Å². The Bertz CT molecular complexity index is 1440. The molecule has 1 aromatic heterocycles. The molecule has 8 nitrogen and oxygen atoms in total. The number of rotatable bonds is 7. The lowest BCUT2D eigenvalue weighted by atomic mass is 10.0. The van der Waals surface area contributed by atoms with Crippen molar-refractivity contribution in [3.8, 4) is 23.1 Å². The van der Waals surface area contributed by atoms with Crippen LogP contribution in [0.4, 0.5) is 14.5 Å². The minimum Gasteiger partial charge on any atom is -0.489 e. The first-order chi connectivity index (χ1) is 18.8. The van der Waals surface area contributed by atoms with Crippen LogP contribution >= 0.6 is 0 Å². The molecule has 1 saturated heterocycles. The van der Waals surface area contributed by atoms with Gasteiger partial charge in [0.2, 0.25) is 0 Å². The van der Waals surface area contributed by atoms with E-state index in [0.717, 1.165) is 34.0 Å². The van der Waals surface area contributed by atoms with E-state index in [4.69, 9.17) is 9.73 Å². The average Bonchev–Trinajstić information content (AvgIpc) is 3.38. The summed E-state index contributed by atoms with van der Waals surface area (Å²) < 4.78 is 31.4. The molecule has 39 heavy (non-hydrogen) atoms. The Hall–Kier alpha value is -4.23. The molecule has 0 atom stereocenters. The van der Waals surface area contributed by atoms with Crippen molar-refractivity contribution in [1.82, 2.24) is 19.8 Å². The zero-order valence-corrected chi connectivity index (χ0v) is 21.8. The van der Waals surface area contributed by atoms with Gasteiger partial charge in [-0.2, -0.15) is 14.0 Å². The van der Waals surface area contributed by atoms with E-state index in [1.807, 2.05) is 20.2 Å². The fourth-order valence-electron chi connectivity index (χ4n) is 4.92. The second-order valence-corrected chi connectivity index (χ2v) is 9.95. The van der Waals surface area contributed by atoms with Crippen LogP contribution in [0, 0.1) is 11.3 Å². The minimum absolute atomic E-state index is 0.194. The van der Waals surface area contributed by atoms with Crippen molar-refractivity contribution in [3.05, 3.63) is 71.2 Å². The standard InChI is InChI=1S/C29H28F2N6O2/c1-36(2)16-18-3-5-19(6-4-18)23-14-24-27(35-23)26(34-17-33-24)20-7-8-25(21(13-20)15-32)39-22-9-11-37(12-10-22)29(38)28(30)31/h3-8,13,17,22,28H,9-12,14,16H2,1-2H3.